The third-order valence-corrected chi connectivity index (χ3v) is 4.07. The zero-order valence-corrected chi connectivity index (χ0v) is 10.3. The van der Waals surface area contributed by atoms with Crippen molar-refractivity contribution < 1.29 is 4.74 Å². The van der Waals surface area contributed by atoms with Gasteiger partial charge in [0, 0.05) is 10.6 Å². The molecule has 0 saturated carbocycles. The average Bonchev–Trinajstić information content (AvgIpc) is 2.82. The predicted octanol–water partition coefficient (Wildman–Crippen LogP) is 3.91. The number of rotatable bonds is 2. The summed E-state index contributed by atoms with van der Waals surface area (Å²) in [6, 6.07) is 16.6. The Hall–Kier alpha value is -1.61. The van der Waals surface area contributed by atoms with Gasteiger partial charge in [0.25, 0.3) is 0 Å². The molecule has 0 radical (unpaired) electrons. The highest BCUT2D eigenvalue weighted by molar-refractivity contribution is 8.00. The molecule has 2 aromatic rings. The van der Waals surface area contributed by atoms with Gasteiger partial charge in [0.1, 0.15) is 11.1 Å². The normalized spacial score (nSPS) is 17.4. The van der Waals surface area contributed by atoms with E-state index in [1.54, 1.807) is 7.11 Å². The Morgan fingerprint density at radius 2 is 1.82 bits per heavy atom. The second-order valence-corrected chi connectivity index (χ2v) is 5.06. The van der Waals surface area contributed by atoms with Gasteiger partial charge in [0.05, 0.1) is 7.11 Å². The van der Waals surface area contributed by atoms with Crippen molar-refractivity contribution in [2.24, 2.45) is 0 Å². The van der Waals surface area contributed by atoms with E-state index in [1.165, 1.54) is 16.1 Å². The van der Waals surface area contributed by atoms with E-state index in [0.717, 1.165) is 5.75 Å². The number of benzene rings is 2. The fourth-order valence-electron chi connectivity index (χ4n) is 1.92. The maximum atomic E-state index is 5.17. The number of para-hydroxylation sites is 1. The first-order chi connectivity index (χ1) is 8.36. The maximum absolute atomic E-state index is 5.17. The van der Waals surface area contributed by atoms with Gasteiger partial charge < -0.3 is 10.1 Å². The highest BCUT2D eigenvalue weighted by Gasteiger charge is 2.21. The minimum atomic E-state index is 0.304. The zero-order chi connectivity index (χ0) is 11.7. The van der Waals surface area contributed by atoms with E-state index in [-0.39, 0.29) is 0 Å². The van der Waals surface area contributed by atoms with Gasteiger partial charge in [-0.15, -0.1) is 0 Å². The van der Waals surface area contributed by atoms with Crippen molar-refractivity contribution in [3.63, 3.8) is 0 Å². The Balaban J connectivity index is 1.83. The first-order valence-corrected chi connectivity index (χ1v) is 6.41. The number of ether oxygens (including phenoxy) is 1. The van der Waals surface area contributed by atoms with Crippen molar-refractivity contribution in [1.29, 1.82) is 0 Å². The van der Waals surface area contributed by atoms with Gasteiger partial charge in [-0.25, -0.2) is 0 Å². The first-order valence-electron chi connectivity index (χ1n) is 5.53. The Kier molecular flexibility index (Phi) is 2.69. The summed E-state index contributed by atoms with van der Waals surface area (Å²) in [5.41, 5.74) is 2.49. The average molecular weight is 243 g/mol. The Labute approximate surface area is 105 Å². The van der Waals surface area contributed by atoms with Crippen molar-refractivity contribution in [1.82, 2.24) is 0 Å². The molecule has 1 aliphatic heterocycles. The van der Waals surface area contributed by atoms with Gasteiger partial charge in [-0.05, 0) is 29.8 Å². The molecule has 0 fully saturated rings. The lowest BCUT2D eigenvalue weighted by Gasteiger charge is -2.11. The topological polar surface area (TPSA) is 21.3 Å². The molecule has 2 aromatic carbocycles. The molecule has 2 nitrogen and oxygen atoms in total. The molecule has 1 heterocycles. The molecule has 1 aliphatic rings. The summed E-state index contributed by atoms with van der Waals surface area (Å²) >= 11 is 1.85. The van der Waals surface area contributed by atoms with Crippen LogP contribution in [0.25, 0.3) is 0 Å². The number of methoxy groups -OCH3 is 1. The van der Waals surface area contributed by atoms with E-state index < -0.39 is 0 Å². The highest BCUT2D eigenvalue weighted by Crippen LogP contribution is 2.46. The third kappa shape index (κ3) is 1.98. The summed E-state index contributed by atoms with van der Waals surface area (Å²) in [7, 11) is 1.69. The molecule has 1 atom stereocenters. The van der Waals surface area contributed by atoms with Crippen LogP contribution in [0.1, 0.15) is 10.9 Å². The quantitative estimate of drug-likeness (QED) is 0.864. The molecule has 86 valence electrons. The zero-order valence-electron chi connectivity index (χ0n) is 9.51. The van der Waals surface area contributed by atoms with E-state index in [0.29, 0.717) is 5.37 Å². The molecular formula is C14H13NOS. The summed E-state index contributed by atoms with van der Waals surface area (Å²) < 4.78 is 5.17. The molecule has 3 rings (SSSR count). The fraction of sp³-hybridized carbons (Fsp3) is 0.143. The molecule has 0 amide bonds. The number of fused-ring (bicyclic) bond motifs is 1. The van der Waals surface area contributed by atoms with Crippen molar-refractivity contribution in [2.75, 3.05) is 12.4 Å². The number of hydrogen-bond acceptors (Lipinski definition) is 3. The summed E-state index contributed by atoms with van der Waals surface area (Å²) in [4.78, 5) is 1.31. The van der Waals surface area contributed by atoms with Gasteiger partial charge in [-0.2, -0.15) is 0 Å². The lowest BCUT2D eigenvalue weighted by molar-refractivity contribution is 0.414. The largest absolute Gasteiger partial charge is 0.497 e. The Morgan fingerprint density at radius 3 is 2.53 bits per heavy atom. The van der Waals surface area contributed by atoms with Gasteiger partial charge in [0.15, 0.2) is 0 Å². The number of thioether (sulfide) groups is 1. The van der Waals surface area contributed by atoms with Crippen LogP contribution in [-0.4, -0.2) is 7.11 Å². The molecule has 0 aromatic heterocycles. The van der Waals surface area contributed by atoms with Crippen LogP contribution in [0.15, 0.2) is 53.4 Å². The third-order valence-electron chi connectivity index (χ3n) is 2.84. The van der Waals surface area contributed by atoms with Crippen LogP contribution in [0.3, 0.4) is 0 Å². The fourth-order valence-corrected chi connectivity index (χ4v) is 3.06. The minimum Gasteiger partial charge on any atom is -0.497 e. The number of hydrogen-bond donors (Lipinski definition) is 1. The second-order valence-electron chi connectivity index (χ2n) is 3.91. The van der Waals surface area contributed by atoms with Crippen molar-refractivity contribution in [2.45, 2.75) is 10.3 Å². The van der Waals surface area contributed by atoms with Crippen LogP contribution < -0.4 is 10.1 Å². The molecular weight excluding hydrogens is 230 g/mol. The smallest absolute Gasteiger partial charge is 0.118 e. The monoisotopic (exact) mass is 243 g/mol. The number of anilines is 1. The van der Waals surface area contributed by atoms with Gasteiger partial charge >= 0.3 is 0 Å². The van der Waals surface area contributed by atoms with Crippen LogP contribution in [0.2, 0.25) is 0 Å². The van der Waals surface area contributed by atoms with E-state index in [4.69, 9.17) is 4.74 Å². The van der Waals surface area contributed by atoms with E-state index >= 15 is 0 Å². The Bertz CT molecular complexity index is 499. The van der Waals surface area contributed by atoms with Crippen LogP contribution in [0.4, 0.5) is 5.69 Å². The summed E-state index contributed by atoms with van der Waals surface area (Å²) in [5.74, 6) is 0.897. The second kappa shape index (κ2) is 4.34. The molecule has 0 aliphatic carbocycles. The molecule has 1 N–H and O–H groups in total. The number of nitrogens with one attached hydrogen (secondary N) is 1. The molecule has 0 bridgehead atoms. The molecule has 0 saturated heterocycles. The van der Waals surface area contributed by atoms with Crippen LogP contribution in [0.5, 0.6) is 5.75 Å². The molecule has 1 unspecified atom stereocenters. The van der Waals surface area contributed by atoms with Gasteiger partial charge in [-0.3, -0.25) is 0 Å². The lowest BCUT2D eigenvalue weighted by Crippen LogP contribution is -2.00. The molecule has 17 heavy (non-hydrogen) atoms. The van der Waals surface area contributed by atoms with E-state index in [9.17, 15) is 0 Å². The predicted molar refractivity (Wildman–Crippen MR) is 71.7 cm³/mol. The standard InChI is InChI=1S/C14H13NOS/c1-16-11-8-6-10(7-9-11)14-15-12-4-2-3-5-13(12)17-14/h2-9,14-15H,1H3. The maximum Gasteiger partial charge on any atom is 0.118 e. The van der Waals surface area contributed by atoms with Crippen molar-refractivity contribution in [3.05, 3.63) is 54.1 Å². The van der Waals surface area contributed by atoms with Crippen LogP contribution in [0, 0.1) is 0 Å². The molecule has 0 spiro atoms. The minimum absolute atomic E-state index is 0.304. The van der Waals surface area contributed by atoms with Gasteiger partial charge in [-0.1, -0.05) is 36.0 Å². The summed E-state index contributed by atoms with van der Waals surface area (Å²) in [6.45, 7) is 0. The van der Waals surface area contributed by atoms with E-state index in [1.807, 2.05) is 23.9 Å². The Morgan fingerprint density at radius 1 is 1.06 bits per heavy atom. The summed E-state index contributed by atoms with van der Waals surface area (Å²) in [5, 5.41) is 3.81. The lowest BCUT2D eigenvalue weighted by atomic mass is 10.2. The van der Waals surface area contributed by atoms with Crippen molar-refractivity contribution in [3.8, 4) is 5.75 Å². The first kappa shape index (κ1) is 10.5. The van der Waals surface area contributed by atoms with Crippen molar-refractivity contribution >= 4 is 17.4 Å². The highest BCUT2D eigenvalue weighted by atomic mass is 32.2. The SMILES string of the molecule is COc1ccc(C2Nc3ccccc3S2)cc1. The van der Waals surface area contributed by atoms with Crippen LogP contribution >= 0.6 is 11.8 Å². The van der Waals surface area contributed by atoms with Gasteiger partial charge in [0.2, 0.25) is 0 Å². The molecule has 3 heteroatoms. The van der Waals surface area contributed by atoms with E-state index in [2.05, 4.69) is 41.7 Å². The summed E-state index contributed by atoms with van der Waals surface area (Å²) in [6.07, 6.45) is 0. The van der Waals surface area contributed by atoms with Crippen LogP contribution in [-0.2, 0) is 0 Å².